The highest BCUT2D eigenvalue weighted by Crippen LogP contribution is 2.32. The van der Waals surface area contributed by atoms with Crippen molar-refractivity contribution >= 4 is 29.9 Å². The molecule has 0 radical (unpaired) electrons. The lowest BCUT2D eigenvalue weighted by Crippen LogP contribution is -2.36. The Morgan fingerprint density at radius 1 is 1.08 bits per heavy atom. The van der Waals surface area contributed by atoms with Crippen molar-refractivity contribution in [3.8, 4) is 17.6 Å². The molecule has 1 heterocycles. The Balaban J connectivity index is 0.00000243. The summed E-state index contributed by atoms with van der Waals surface area (Å²) in [7, 11) is 0. The van der Waals surface area contributed by atoms with Gasteiger partial charge in [-0.05, 0) is 42.3 Å². The molecule has 2 aromatic carbocycles. The van der Waals surface area contributed by atoms with Gasteiger partial charge in [-0.25, -0.2) is 4.99 Å². The fraction of sp³-hybridized carbons (Fsp3) is 0.263. The summed E-state index contributed by atoms with van der Waals surface area (Å²) in [5.74, 6) is 2.28. The zero-order valence-electron chi connectivity index (χ0n) is 14.5. The molecule has 0 amide bonds. The Labute approximate surface area is 170 Å². The number of nitrogens with one attached hydrogen (secondary N) is 2. The average Bonchev–Trinajstić information content (AvgIpc) is 3.12. The SMILES string of the molecule is CCNC(=NCc1ccc2c(c1)OCO2)NCc1ccc(C#N)cc1.I. The lowest BCUT2D eigenvalue weighted by molar-refractivity contribution is 0.174. The van der Waals surface area contributed by atoms with Gasteiger partial charge in [0.15, 0.2) is 17.5 Å². The molecule has 0 bridgehead atoms. The largest absolute Gasteiger partial charge is 0.454 e. The highest BCUT2D eigenvalue weighted by Gasteiger charge is 2.12. The van der Waals surface area contributed by atoms with E-state index >= 15 is 0 Å². The van der Waals surface area contributed by atoms with E-state index in [1.165, 1.54) is 0 Å². The van der Waals surface area contributed by atoms with Gasteiger partial charge in [-0.1, -0.05) is 18.2 Å². The van der Waals surface area contributed by atoms with Crippen LogP contribution in [0.1, 0.15) is 23.6 Å². The van der Waals surface area contributed by atoms with Crippen molar-refractivity contribution in [2.75, 3.05) is 13.3 Å². The molecule has 0 aliphatic carbocycles. The minimum atomic E-state index is 0. The van der Waals surface area contributed by atoms with Crippen LogP contribution in [-0.2, 0) is 13.1 Å². The predicted molar refractivity (Wildman–Crippen MR) is 111 cm³/mol. The summed E-state index contributed by atoms with van der Waals surface area (Å²) in [6.07, 6.45) is 0. The van der Waals surface area contributed by atoms with Gasteiger partial charge < -0.3 is 20.1 Å². The number of aliphatic imine (C=N–C) groups is 1. The summed E-state index contributed by atoms with van der Waals surface area (Å²) in [5, 5.41) is 15.4. The number of hydrogen-bond acceptors (Lipinski definition) is 4. The third kappa shape index (κ3) is 5.26. The van der Waals surface area contributed by atoms with E-state index in [4.69, 9.17) is 14.7 Å². The molecule has 6 nitrogen and oxygen atoms in total. The maximum absolute atomic E-state index is 8.84. The first-order valence-corrected chi connectivity index (χ1v) is 8.18. The minimum Gasteiger partial charge on any atom is -0.454 e. The van der Waals surface area contributed by atoms with Crippen LogP contribution in [0.2, 0.25) is 0 Å². The van der Waals surface area contributed by atoms with Crippen molar-refractivity contribution in [1.82, 2.24) is 10.6 Å². The minimum absolute atomic E-state index is 0. The molecule has 3 rings (SSSR count). The molecule has 2 aromatic rings. The number of nitrogens with zero attached hydrogens (tertiary/aromatic N) is 2. The Morgan fingerprint density at radius 3 is 2.54 bits per heavy atom. The predicted octanol–water partition coefficient (Wildman–Crippen LogP) is 3.16. The van der Waals surface area contributed by atoms with Crippen molar-refractivity contribution in [2.45, 2.75) is 20.0 Å². The number of ether oxygens (including phenoxy) is 2. The van der Waals surface area contributed by atoms with Crippen LogP contribution >= 0.6 is 24.0 Å². The van der Waals surface area contributed by atoms with Crippen molar-refractivity contribution in [3.05, 3.63) is 59.2 Å². The lowest BCUT2D eigenvalue weighted by Gasteiger charge is -2.11. The van der Waals surface area contributed by atoms with E-state index in [9.17, 15) is 0 Å². The van der Waals surface area contributed by atoms with Crippen molar-refractivity contribution < 1.29 is 9.47 Å². The molecular weight excluding hydrogens is 443 g/mol. The van der Waals surface area contributed by atoms with Crippen LogP contribution in [0.15, 0.2) is 47.5 Å². The van der Waals surface area contributed by atoms with E-state index in [1.54, 1.807) is 0 Å². The number of rotatable bonds is 5. The van der Waals surface area contributed by atoms with Crippen LogP contribution in [0.3, 0.4) is 0 Å². The number of guanidine groups is 1. The Kier molecular flexibility index (Phi) is 7.53. The number of fused-ring (bicyclic) bond motifs is 1. The summed E-state index contributed by atoms with van der Waals surface area (Å²) in [4.78, 5) is 4.60. The summed E-state index contributed by atoms with van der Waals surface area (Å²) in [6, 6.07) is 15.5. The van der Waals surface area contributed by atoms with Crippen LogP contribution in [0.5, 0.6) is 11.5 Å². The van der Waals surface area contributed by atoms with Crippen LogP contribution in [0, 0.1) is 11.3 Å². The van der Waals surface area contributed by atoms with Gasteiger partial charge in [0, 0.05) is 13.1 Å². The molecule has 2 N–H and O–H groups in total. The first-order valence-electron chi connectivity index (χ1n) is 8.18. The second kappa shape index (κ2) is 9.87. The highest BCUT2D eigenvalue weighted by atomic mass is 127. The van der Waals surface area contributed by atoms with Crippen LogP contribution < -0.4 is 20.1 Å². The standard InChI is InChI=1S/C19H20N4O2.HI/c1-2-21-19(22-11-15-5-3-14(10-20)4-6-15)23-12-16-7-8-17-18(9-16)25-13-24-17;/h3-9H,2,11-13H2,1H3,(H2,21,22,23);1H. The Morgan fingerprint density at radius 2 is 1.81 bits per heavy atom. The molecule has 136 valence electrons. The zero-order valence-corrected chi connectivity index (χ0v) is 16.8. The van der Waals surface area contributed by atoms with Gasteiger partial charge in [-0.3, -0.25) is 0 Å². The third-order valence-corrected chi connectivity index (χ3v) is 3.74. The molecule has 0 unspecified atom stereocenters. The van der Waals surface area contributed by atoms with Crippen molar-refractivity contribution in [3.63, 3.8) is 0 Å². The molecule has 7 heteroatoms. The molecule has 0 saturated heterocycles. The molecule has 0 aromatic heterocycles. The normalized spacial score (nSPS) is 12.1. The van der Waals surface area contributed by atoms with Gasteiger partial charge in [-0.2, -0.15) is 5.26 Å². The fourth-order valence-corrected chi connectivity index (χ4v) is 2.43. The molecule has 26 heavy (non-hydrogen) atoms. The fourth-order valence-electron chi connectivity index (χ4n) is 2.43. The number of nitriles is 1. The zero-order chi connectivity index (χ0) is 17.5. The summed E-state index contributed by atoms with van der Waals surface area (Å²) < 4.78 is 10.7. The Hall–Kier alpha value is -2.47. The van der Waals surface area contributed by atoms with E-state index < -0.39 is 0 Å². The number of halogens is 1. The van der Waals surface area contributed by atoms with E-state index in [-0.39, 0.29) is 30.8 Å². The maximum Gasteiger partial charge on any atom is 0.231 e. The van der Waals surface area contributed by atoms with Crippen molar-refractivity contribution in [2.24, 2.45) is 4.99 Å². The lowest BCUT2D eigenvalue weighted by atomic mass is 10.1. The van der Waals surface area contributed by atoms with E-state index in [0.717, 1.165) is 35.1 Å². The Bertz CT molecular complexity index is 800. The first-order chi connectivity index (χ1) is 12.3. The van der Waals surface area contributed by atoms with Crippen LogP contribution in [0.4, 0.5) is 0 Å². The summed E-state index contributed by atoms with van der Waals surface area (Å²) in [6.45, 7) is 4.26. The molecule has 1 aliphatic rings. The second-order valence-electron chi connectivity index (χ2n) is 5.55. The first kappa shape index (κ1) is 19.8. The number of benzene rings is 2. The smallest absolute Gasteiger partial charge is 0.231 e. The average molecular weight is 464 g/mol. The van der Waals surface area contributed by atoms with E-state index in [2.05, 4.69) is 21.7 Å². The van der Waals surface area contributed by atoms with Gasteiger partial charge in [0.1, 0.15) is 0 Å². The highest BCUT2D eigenvalue weighted by molar-refractivity contribution is 14.0. The van der Waals surface area contributed by atoms with Crippen LogP contribution in [-0.4, -0.2) is 19.3 Å². The monoisotopic (exact) mass is 464 g/mol. The van der Waals surface area contributed by atoms with Gasteiger partial charge in [-0.15, -0.1) is 24.0 Å². The second-order valence-corrected chi connectivity index (χ2v) is 5.55. The van der Waals surface area contributed by atoms with E-state index in [1.807, 2.05) is 49.4 Å². The summed E-state index contributed by atoms with van der Waals surface area (Å²) >= 11 is 0. The molecule has 0 saturated carbocycles. The maximum atomic E-state index is 8.84. The summed E-state index contributed by atoms with van der Waals surface area (Å²) in [5.41, 5.74) is 2.81. The van der Waals surface area contributed by atoms with Crippen LogP contribution in [0.25, 0.3) is 0 Å². The molecule has 0 fully saturated rings. The van der Waals surface area contributed by atoms with Gasteiger partial charge >= 0.3 is 0 Å². The molecule has 0 atom stereocenters. The quantitative estimate of drug-likeness (QED) is 0.404. The molecule has 1 aliphatic heterocycles. The van der Waals surface area contributed by atoms with E-state index in [0.29, 0.717) is 18.7 Å². The van der Waals surface area contributed by atoms with Gasteiger partial charge in [0.05, 0.1) is 18.2 Å². The van der Waals surface area contributed by atoms with Crippen molar-refractivity contribution in [1.29, 1.82) is 5.26 Å². The topological polar surface area (TPSA) is 78.7 Å². The number of hydrogen-bond donors (Lipinski definition) is 2. The molecule has 0 spiro atoms. The van der Waals surface area contributed by atoms with Gasteiger partial charge in [0.2, 0.25) is 6.79 Å². The van der Waals surface area contributed by atoms with Gasteiger partial charge in [0.25, 0.3) is 0 Å². The third-order valence-electron chi connectivity index (χ3n) is 3.74. The molecular formula is C19H21IN4O2.